The van der Waals surface area contributed by atoms with Gasteiger partial charge in [0, 0.05) is 6.04 Å². The molecule has 0 aromatic heterocycles. The van der Waals surface area contributed by atoms with Gasteiger partial charge in [-0.05, 0) is 37.1 Å². The SMILES string of the molecule is CCCCC(Cc1ccc(OC)cc1)NCC. The topological polar surface area (TPSA) is 21.3 Å². The molecule has 0 aliphatic carbocycles. The molecule has 96 valence electrons. The highest BCUT2D eigenvalue weighted by atomic mass is 16.5. The van der Waals surface area contributed by atoms with E-state index in [1.807, 2.05) is 12.1 Å². The molecule has 0 fully saturated rings. The van der Waals surface area contributed by atoms with Crippen LogP contribution in [0.1, 0.15) is 38.7 Å². The van der Waals surface area contributed by atoms with Crippen molar-refractivity contribution in [1.29, 1.82) is 0 Å². The third-order valence-electron chi connectivity index (χ3n) is 3.04. The van der Waals surface area contributed by atoms with Crippen molar-refractivity contribution in [1.82, 2.24) is 5.32 Å². The molecule has 1 aromatic rings. The number of likely N-dealkylation sites (N-methyl/N-ethyl adjacent to an activating group) is 1. The van der Waals surface area contributed by atoms with Crippen LogP contribution in [0.3, 0.4) is 0 Å². The van der Waals surface area contributed by atoms with Crippen molar-refractivity contribution in [3.8, 4) is 5.75 Å². The molecular weight excluding hydrogens is 210 g/mol. The van der Waals surface area contributed by atoms with Crippen LogP contribution in [0.5, 0.6) is 5.75 Å². The van der Waals surface area contributed by atoms with Crippen LogP contribution in [0.2, 0.25) is 0 Å². The summed E-state index contributed by atoms with van der Waals surface area (Å²) in [5, 5.41) is 3.56. The molecule has 1 rings (SSSR count). The van der Waals surface area contributed by atoms with E-state index < -0.39 is 0 Å². The number of hydrogen-bond donors (Lipinski definition) is 1. The normalized spacial score (nSPS) is 12.4. The fourth-order valence-electron chi connectivity index (χ4n) is 2.06. The lowest BCUT2D eigenvalue weighted by molar-refractivity contribution is 0.414. The zero-order valence-electron chi connectivity index (χ0n) is 11.3. The first-order chi connectivity index (χ1) is 8.30. The highest BCUT2D eigenvalue weighted by Gasteiger charge is 2.07. The van der Waals surface area contributed by atoms with E-state index in [0.29, 0.717) is 6.04 Å². The largest absolute Gasteiger partial charge is 0.497 e. The van der Waals surface area contributed by atoms with Gasteiger partial charge in [0.15, 0.2) is 0 Å². The van der Waals surface area contributed by atoms with Crippen LogP contribution >= 0.6 is 0 Å². The molecule has 1 N–H and O–H groups in total. The van der Waals surface area contributed by atoms with E-state index in [1.165, 1.54) is 24.8 Å². The standard InChI is InChI=1S/C15H25NO/c1-4-6-7-14(16-5-2)12-13-8-10-15(17-3)11-9-13/h8-11,14,16H,4-7,12H2,1-3H3. The van der Waals surface area contributed by atoms with Crippen molar-refractivity contribution in [2.45, 2.75) is 45.6 Å². The molecule has 2 nitrogen and oxygen atoms in total. The summed E-state index contributed by atoms with van der Waals surface area (Å²) in [4.78, 5) is 0. The Morgan fingerprint density at radius 2 is 1.88 bits per heavy atom. The fraction of sp³-hybridized carbons (Fsp3) is 0.600. The molecular formula is C15H25NO. The van der Waals surface area contributed by atoms with Gasteiger partial charge in [0.25, 0.3) is 0 Å². The molecule has 0 aliphatic heterocycles. The summed E-state index contributed by atoms with van der Waals surface area (Å²) < 4.78 is 5.17. The van der Waals surface area contributed by atoms with Gasteiger partial charge < -0.3 is 10.1 Å². The van der Waals surface area contributed by atoms with Gasteiger partial charge >= 0.3 is 0 Å². The minimum atomic E-state index is 0.605. The summed E-state index contributed by atoms with van der Waals surface area (Å²) in [5.74, 6) is 0.933. The molecule has 0 bridgehead atoms. The maximum absolute atomic E-state index is 5.17. The Hall–Kier alpha value is -1.02. The van der Waals surface area contributed by atoms with Gasteiger partial charge in [-0.2, -0.15) is 0 Å². The van der Waals surface area contributed by atoms with Crippen molar-refractivity contribution < 1.29 is 4.74 Å². The zero-order valence-corrected chi connectivity index (χ0v) is 11.3. The zero-order chi connectivity index (χ0) is 12.5. The highest BCUT2D eigenvalue weighted by molar-refractivity contribution is 5.27. The quantitative estimate of drug-likeness (QED) is 0.745. The van der Waals surface area contributed by atoms with Crippen LogP contribution in [0.4, 0.5) is 0 Å². The molecule has 0 spiro atoms. The molecule has 1 unspecified atom stereocenters. The molecule has 0 heterocycles. The van der Waals surface area contributed by atoms with Crippen LogP contribution in [0, 0.1) is 0 Å². The Balaban J connectivity index is 2.51. The van der Waals surface area contributed by atoms with Gasteiger partial charge in [-0.25, -0.2) is 0 Å². The molecule has 2 heteroatoms. The molecule has 1 aromatic carbocycles. The van der Waals surface area contributed by atoms with Crippen molar-refractivity contribution in [3.05, 3.63) is 29.8 Å². The number of hydrogen-bond acceptors (Lipinski definition) is 2. The number of ether oxygens (including phenoxy) is 1. The van der Waals surface area contributed by atoms with Crippen molar-refractivity contribution in [2.24, 2.45) is 0 Å². The van der Waals surface area contributed by atoms with Gasteiger partial charge in [-0.3, -0.25) is 0 Å². The Kier molecular flexibility index (Phi) is 6.71. The van der Waals surface area contributed by atoms with Gasteiger partial charge in [0.2, 0.25) is 0 Å². The molecule has 1 atom stereocenters. The minimum Gasteiger partial charge on any atom is -0.497 e. The van der Waals surface area contributed by atoms with E-state index in [1.54, 1.807) is 7.11 Å². The maximum atomic E-state index is 5.17. The summed E-state index contributed by atoms with van der Waals surface area (Å²) in [6.45, 7) is 5.47. The Morgan fingerprint density at radius 3 is 2.41 bits per heavy atom. The molecule has 0 saturated carbocycles. The number of benzene rings is 1. The monoisotopic (exact) mass is 235 g/mol. The Labute approximate surface area is 105 Å². The second-order valence-electron chi connectivity index (χ2n) is 4.45. The van der Waals surface area contributed by atoms with Crippen LogP contribution in [-0.2, 0) is 6.42 Å². The van der Waals surface area contributed by atoms with E-state index in [2.05, 4.69) is 31.3 Å². The van der Waals surface area contributed by atoms with E-state index in [9.17, 15) is 0 Å². The summed E-state index contributed by atoms with van der Waals surface area (Å²) in [6, 6.07) is 9.01. The lowest BCUT2D eigenvalue weighted by Crippen LogP contribution is -2.30. The Morgan fingerprint density at radius 1 is 1.18 bits per heavy atom. The van der Waals surface area contributed by atoms with Crippen LogP contribution in [-0.4, -0.2) is 19.7 Å². The lowest BCUT2D eigenvalue weighted by Gasteiger charge is -2.17. The van der Waals surface area contributed by atoms with E-state index in [-0.39, 0.29) is 0 Å². The number of unbranched alkanes of at least 4 members (excludes halogenated alkanes) is 1. The van der Waals surface area contributed by atoms with E-state index in [4.69, 9.17) is 4.74 Å². The van der Waals surface area contributed by atoms with Gasteiger partial charge in [-0.15, -0.1) is 0 Å². The molecule has 0 radical (unpaired) electrons. The third kappa shape index (κ3) is 5.22. The second-order valence-corrected chi connectivity index (χ2v) is 4.45. The first-order valence-electron chi connectivity index (χ1n) is 6.66. The number of rotatable bonds is 8. The number of methoxy groups -OCH3 is 1. The Bertz CT molecular complexity index is 294. The van der Waals surface area contributed by atoms with E-state index in [0.717, 1.165) is 18.7 Å². The maximum Gasteiger partial charge on any atom is 0.118 e. The smallest absolute Gasteiger partial charge is 0.118 e. The summed E-state index contributed by atoms with van der Waals surface area (Å²) in [6.07, 6.45) is 4.94. The van der Waals surface area contributed by atoms with Gasteiger partial charge in [0.05, 0.1) is 7.11 Å². The first kappa shape index (κ1) is 14.0. The highest BCUT2D eigenvalue weighted by Crippen LogP contribution is 2.14. The molecule has 17 heavy (non-hydrogen) atoms. The van der Waals surface area contributed by atoms with Crippen molar-refractivity contribution in [2.75, 3.05) is 13.7 Å². The van der Waals surface area contributed by atoms with Crippen LogP contribution < -0.4 is 10.1 Å². The average molecular weight is 235 g/mol. The number of nitrogens with one attached hydrogen (secondary N) is 1. The first-order valence-corrected chi connectivity index (χ1v) is 6.66. The van der Waals surface area contributed by atoms with E-state index >= 15 is 0 Å². The fourth-order valence-corrected chi connectivity index (χ4v) is 2.06. The summed E-state index contributed by atoms with van der Waals surface area (Å²) in [5.41, 5.74) is 1.38. The predicted molar refractivity (Wildman–Crippen MR) is 73.7 cm³/mol. The summed E-state index contributed by atoms with van der Waals surface area (Å²) in [7, 11) is 1.71. The lowest BCUT2D eigenvalue weighted by atomic mass is 10.0. The molecule has 0 aliphatic rings. The average Bonchev–Trinajstić information content (AvgIpc) is 2.37. The third-order valence-corrected chi connectivity index (χ3v) is 3.04. The molecule has 0 amide bonds. The van der Waals surface area contributed by atoms with Gasteiger partial charge in [0.1, 0.15) is 5.75 Å². The predicted octanol–water partition coefficient (Wildman–Crippen LogP) is 3.41. The second kappa shape index (κ2) is 8.13. The minimum absolute atomic E-state index is 0.605. The summed E-state index contributed by atoms with van der Waals surface area (Å²) >= 11 is 0. The van der Waals surface area contributed by atoms with Crippen molar-refractivity contribution in [3.63, 3.8) is 0 Å². The van der Waals surface area contributed by atoms with Gasteiger partial charge in [-0.1, -0.05) is 38.8 Å². The molecule has 0 saturated heterocycles. The van der Waals surface area contributed by atoms with Crippen molar-refractivity contribution >= 4 is 0 Å². The van der Waals surface area contributed by atoms with Crippen LogP contribution in [0.25, 0.3) is 0 Å². The van der Waals surface area contributed by atoms with Crippen LogP contribution in [0.15, 0.2) is 24.3 Å².